The predicted octanol–water partition coefficient (Wildman–Crippen LogP) is 4.47. The second kappa shape index (κ2) is 7.14. The molecule has 0 aliphatic carbocycles. The van der Waals surface area contributed by atoms with Gasteiger partial charge in [0.15, 0.2) is 0 Å². The molecule has 20 heavy (non-hydrogen) atoms. The Morgan fingerprint density at radius 2 is 2.05 bits per heavy atom. The summed E-state index contributed by atoms with van der Waals surface area (Å²) in [5.41, 5.74) is 0.953. The Morgan fingerprint density at radius 3 is 2.75 bits per heavy atom. The molecule has 2 aromatic rings. The molecule has 1 N–H and O–H groups in total. The van der Waals surface area contributed by atoms with Crippen LogP contribution in [0.4, 0.5) is 5.69 Å². The van der Waals surface area contributed by atoms with Gasteiger partial charge in [-0.2, -0.15) is 0 Å². The van der Waals surface area contributed by atoms with Crippen LogP contribution in [0.3, 0.4) is 0 Å². The van der Waals surface area contributed by atoms with Crippen molar-refractivity contribution < 1.29 is 9.47 Å². The summed E-state index contributed by atoms with van der Waals surface area (Å²) in [5, 5.41) is 3.28. The van der Waals surface area contributed by atoms with E-state index in [0.29, 0.717) is 5.75 Å². The number of methoxy groups -OCH3 is 1. The topological polar surface area (TPSA) is 43.4 Å². The van der Waals surface area contributed by atoms with Crippen LogP contribution in [-0.4, -0.2) is 18.6 Å². The molecule has 106 valence electrons. The molecule has 1 aromatic heterocycles. The van der Waals surface area contributed by atoms with Crippen LogP contribution >= 0.6 is 15.9 Å². The summed E-state index contributed by atoms with van der Waals surface area (Å²) in [4.78, 5) is 4.17. The molecule has 0 radical (unpaired) electrons. The molecular weight excluding hydrogens is 320 g/mol. The van der Waals surface area contributed by atoms with E-state index < -0.39 is 0 Å². The molecule has 0 fully saturated rings. The van der Waals surface area contributed by atoms with Crippen LogP contribution in [0, 0.1) is 0 Å². The zero-order chi connectivity index (χ0) is 14.4. The van der Waals surface area contributed by atoms with Gasteiger partial charge >= 0.3 is 0 Å². The van der Waals surface area contributed by atoms with Crippen LogP contribution < -0.4 is 14.8 Å². The highest BCUT2D eigenvalue weighted by molar-refractivity contribution is 9.10. The third-order valence-corrected chi connectivity index (χ3v) is 3.28. The first-order valence-electron chi connectivity index (χ1n) is 6.43. The number of ether oxygens (including phenoxy) is 2. The van der Waals surface area contributed by atoms with Gasteiger partial charge in [-0.25, -0.2) is 0 Å². The van der Waals surface area contributed by atoms with E-state index in [1.165, 1.54) is 0 Å². The van der Waals surface area contributed by atoms with Crippen LogP contribution in [0.25, 0.3) is 0 Å². The van der Waals surface area contributed by atoms with Crippen LogP contribution in [0.1, 0.15) is 13.3 Å². The van der Waals surface area contributed by atoms with Crippen molar-refractivity contribution in [2.45, 2.75) is 13.3 Å². The first-order chi connectivity index (χ1) is 9.72. The fourth-order valence-corrected chi connectivity index (χ4v) is 2.10. The molecule has 0 bridgehead atoms. The lowest BCUT2D eigenvalue weighted by Crippen LogP contribution is -2.00. The van der Waals surface area contributed by atoms with E-state index >= 15 is 0 Å². The third-order valence-electron chi connectivity index (χ3n) is 2.66. The van der Waals surface area contributed by atoms with Crippen LogP contribution in [-0.2, 0) is 0 Å². The van der Waals surface area contributed by atoms with Crippen molar-refractivity contribution in [2.24, 2.45) is 0 Å². The van der Waals surface area contributed by atoms with Crippen molar-refractivity contribution in [1.29, 1.82) is 0 Å². The Bertz CT molecular complexity index is 576. The van der Waals surface area contributed by atoms with Crippen molar-refractivity contribution in [1.82, 2.24) is 4.98 Å². The Kier molecular flexibility index (Phi) is 5.24. The average Bonchev–Trinajstić information content (AvgIpc) is 2.47. The smallest absolute Gasteiger partial charge is 0.147 e. The average molecular weight is 337 g/mol. The zero-order valence-electron chi connectivity index (χ0n) is 11.5. The molecule has 5 heteroatoms. The molecule has 0 unspecified atom stereocenters. The lowest BCUT2D eigenvalue weighted by molar-refractivity contribution is 0.412. The highest BCUT2D eigenvalue weighted by Gasteiger charge is 2.05. The predicted molar refractivity (Wildman–Crippen MR) is 83.8 cm³/mol. The Morgan fingerprint density at radius 1 is 1.20 bits per heavy atom. The van der Waals surface area contributed by atoms with Crippen molar-refractivity contribution in [3.63, 3.8) is 0 Å². The number of halogens is 1. The first-order valence-corrected chi connectivity index (χ1v) is 7.22. The highest BCUT2D eigenvalue weighted by Crippen LogP contribution is 2.33. The van der Waals surface area contributed by atoms with Gasteiger partial charge in [0.2, 0.25) is 0 Å². The normalized spacial score (nSPS) is 10.2. The summed E-state index contributed by atoms with van der Waals surface area (Å²) in [6, 6.07) is 7.50. The fraction of sp³-hybridized carbons (Fsp3) is 0.267. The largest absolute Gasteiger partial charge is 0.497 e. The quantitative estimate of drug-likeness (QED) is 0.845. The zero-order valence-corrected chi connectivity index (χ0v) is 13.1. The minimum atomic E-state index is 0.692. The van der Waals surface area contributed by atoms with Crippen molar-refractivity contribution in [3.8, 4) is 17.2 Å². The standard InChI is InChI=1S/C15H17BrN2O2/c1-3-6-18-11-7-13(10-17-9-11)20-15-5-4-12(19-2)8-14(15)16/h4-5,7-10,18H,3,6H2,1-2H3. The van der Waals surface area contributed by atoms with Crippen molar-refractivity contribution in [2.75, 3.05) is 19.0 Å². The van der Waals surface area contributed by atoms with E-state index in [-0.39, 0.29) is 0 Å². The van der Waals surface area contributed by atoms with Crippen LogP contribution in [0.2, 0.25) is 0 Å². The molecule has 0 aliphatic rings. The minimum Gasteiger partial charge on any atom is -0.497 e. The molecule has 2 rings (SSSR count). The summed E-state index contributed by atoms with van der Waals surface area (Å²) < 4.78 is 11.8. The molecule has 1 aromatic carbocycles. The molecule has 0 atom stereocenters. The van der Waals surface area contributed by atoms with Gasteiger partial charge in [-0.05, 0) is 40.5 Å². The lowest BCUT2D eigenvalue weighted by Gasteiger charge is -2.10. The Hall–Kier alpha value is -1.75. The summed E-state index contributed by atoms with van der Waals surface area (Å²) in [7, 11) is 1.63. The number of hydrogen-bond acceptors (Lipinski definition) is 4. The molecular formula is C15H17BrN2O2. The molecule has 0 saturated carbocycles. The fourth-order valence-electron chi connectivity index (χ4n) is 1.66. The second-order valence-electron chi connectivity index (χ2n) is 4.23. The summed E-state index contributed by atoms with van der Waals surface area (Å²) in [6.07, 6.45) is 4.54. The van der Waals surface area contributed by atoms with Gasteiger partial charge in [-0.3, -0.25) is 4.98 Å². The maximum atomic E-state index is 5.82. The number of anilines is 1. The maximum absolute atomic E-state index is 5.82. The van der Waals surface area contributed by atoms with Gasteiger partial charge in [0, 0.05) is 12.6 Å². The van der Waals surface area contributed by atoms with E-state index in [1.807, 2.05) is 24.3 Å². The highest BCUT2D eigenvalue weighted by atomic mass is 79.9. The first kappa shape index (κ1) is 14.7. The van der Waals surface area contributed by atoms with Crippen molar-refractivity contribution in [3.05, 3.63) is 41.1 Å². The number of hydrogen-bond donors (Lipinski definition) is 1. The maximum Gasteiger partial charge on any atom is 0.147 e. The Labute approximate surface area is 127 Å². The molecule has 4 nitrogen and oxygen atoms in total. The van der Waals surface area contributed by atoms with E-state index in [2.05, 4.69) is 33.2 Å². The number of nitrogens with one attached hydrogen (secondary N) is 1. The molecule has 1 heterocycles. The number of benzene rings is 1. The number of nitrogens with zero attached hydrogens (tertiary/aromatic N) is 1. The summed E-state index contributed by atoms with van der Waals surface area (Å²) in [5.74, 6) is 2.19. The summed E-state index contributed by atoms with van der Waals surface area (Å²) >= 11 is 3.46. The van der Waals surface area contributed by atoms with Crippen LogP contribution in [0.5, 0.6) is 17.2 Å². The number of aromatic nitrogens is 1. The van der Waals surface area contributed by atoms with Gasteiger partial charge in [-0.1, -0.05) is 6.92 Å². The molecule has 0 aliphatic heterocycles. The monoisotopic (exact) mass is 336 g/mol. The minimum absolute atomic E-state index is 0.692. The van der Waals surface area contributed by atoms with Gasteiger partial charge in [-0.15, -0.1) is 0 Å². The van der Waals surface area contributed by atoms with Gasteiger partial charge in [0.1, 0.15) is 17.2 Å². The number of rotatable bonds is 6. The van der Waals surface area contributed by atoms with E-state index in [1.54, 1.807) is 19.5 Å². The van der Waals surface area contributed by atoms with E-state index in [9.17, 15) is 0 Å². The molecule has 0 spiro atoms. The van der Waals surface area contributed by atoms with Gasteiger partial charge in [0.25, 0.3) is 0 Å². The second-order valence-corrected chi connectivity index (χ2v) is 5.09. The molecule has 0 amide bonds. The summed E-state index contributed by atoms with van der Waals surface area (Å²) in [6.45, 7) is 3.03. The SMILES string of the molecule is CCCNc1cncc(Oc2ccc(OC)cc2Br)c1. The number of pyridine rings is 1. The van der Waals surface area contributed by atoms with Crippen molar-refractivity contribution >= 4 is 21.6 Å². The van der Waals surface area contributed by atoms with E-state index in [0.717, 1.165) is 34.6 Å². The lowest BCUT2D eigenvalue weighted by atomic mass is 10.3. The van der Waals surface area contributed by atoms with Gasteiger partial charge < -0.3 is 14.8 Å². The van der Waals surface area contributed by atoms with E-state index in [4.69, 9.17) is 9.47 Å². The third kappa shape index (κ3) is 3.87. The molecule has 0 saturated heterocycles. The Balaban J connectivity index is 2.13. The van der Waals surface area contributed by atoms with Gasteiger partial charge in [0.05, 0.1) is 29.7 Å². The van der Waals surface area contributed by atoms with Crippen LogP contribution in [0.15, 0.2) is 41.1 Å².